The fourth-order valence-electron chi connectivity index (χ4n) is 1.70. The number of benzene rings is 2. The highest BCUT2D eigenvalue weighted by Crippen LogP contribution is 2.23. The molecule has 0 radical (unpaired) electrons. The van der Waals surface area contributed by atoms with Crippen molar-refractivity contribution in [1.29, 1.82) is 0 Å². The SMILES string of the molecule is CC(N=O)c1cccc(N=Cc2cc(Br)ccc2O)c1. The maximum atomic E-state index is 10.6. The molecule has 0 saturated carbocycles. The summed E-state index contributed by atoms with van der Waals surface area (Å²) in [6.07, 6.45) is 1.58. The van der Waals surface area contributed by atoms with Gasteiger partial charge in [-0.1, -0.05) is 33.2 Å². The number of nitroso groups, excluding NO2 is 1. The number of halogens is 1. The Morgan fingerprint density at radius 1 is 1.25 bits per heavy atom. The van der Waals surface area contributed by atoms with E-state index >= 15 is 0 Å². The first kappa shape index (κ1) is 14.4. The minimum absolute atomic E-state index is 0.163. The molecule has 0 aliphatic heterocycles. The van der Waals surface area contributed by atoms with Crippen LogP contribution in [0.3, 0.4) is 0 Å². The zero-order valence-corrected chi connectivity index (χ0v) is 12.4. The molecule has 0 aliphatic rings. The molecule has 0 fully saturated rings. The van der Waals surface area contributed by atoms with Gasteiger partial charge in [-0.2, -0.15) is 4.91 Å². The number of phenolic OH excluding ortho intramolecular Hbond substituents is 1. The second kappa shape index (κ2) is 6.43. The Labute approximate surface area is 125 Å². The van der Waals surface area contributed by atoms with Crippen LogP contribution in [0.25, 0.3) is 0 Å². The molecule has 5 heteroatoms. The topological polar surface area (TPSA) is 62.0 Å². The van der Waals surface area contributed by atoms with Crippen LogP contribution in [0.15, 0.2) is 57.1 Å². The zero-order chi connectivity index (χ0) is 14.5. The second-order valence-electron chi connectivity index (χ2n) is 4.34. The normalized spacial score (nSPS) is 12.5. The zero-order valence-electron chi connectivity index (χ0n) is 10.8. The molecule has 0 aliphatic carbocycles. The largest absolute Gasteiger partial charge is 0.507 e. The number of aromatic hydroxyl groups is 1. The van der Waals surface area contributed by atoms with Crippen molar-refractivity contribution in [2.24, 2.45) is 10.2 Å². The third-order valence-corrected chi connectivity index (χ3v) is 3.35. The number of aliphatic imine (C=N–C) groups is 1. The van der Waals surface area contributed by atoms with Gasteiger partial charge in [0.05, 0.1) is 5.69 Å². The summed E-state index contributed by atoms with van der Waals surface area (Å²) in [5.41, 5.74) is 2.14. The van der Waals surface area contributed by atoms with E-state index in [0.717, 1.165) is 10.0 Å². The molecule has 4 nitrogen and oxygen atoms in total. The Hall–Kier alpha value is -2.01. The third kappa shape index (κ3) is 3.51. The molecule has 102 valence electrons. The quantitative estimate of drug-likeness (QED) is 0.649. The van der Waals surface area contributed by atoms with E-state index in [-0.39, 0.29) is 5.75 Å². The second-order valence-corrected chi connectivity index (χ2v) is 5.25. The molecule has 2 aromatic carbocycles. The van der Waals surface area contributed by atoms with Crippen molar-refractivity contribution in [3.8, 4) is 5.75 Å². The van der Waals surface area contributed by atoms with E-state index in [2.05, 4.69) is 26.1 Å². The van der Waals surface area contributed by atoms with Crippen molar-refractivity contribution in [3.05, 3.63) is 63.0 Å². The van der Waals surface area contributed by atoms with Crippen LogP contribution in [0.5, 0.6) is 5.75 Å². The van der Waals surface area contributed by atoms with Crippen LogP contribution >= 0.6 is 15.9 Å². The fourth-order valence-corrected chi connectivity index (χ4v) is 2.08. The molecule has 1 atom stereocenters. The summed E-state index contributed by atoms with van der Waals surface area (Å²) in [7, 11) is 0. The van der Waals surface area contributed by atoms with Crippen molar-refractivity contribution >= 4 is 27.8 Å². The Morgan fingerprint density at radius 2 is 2.05 bits per heavy atom. The molecule has 0 aromatic heterocycles. The molecule has 0 saturated heterocycles. The first-order valence-electron chi connectivity index (χ1n) is 6.05. The van der Waals surface area contributed by atoms with Crippen molar-refractivity contribution in [2.75, 3.05) is 0 Å². The molecule has 1 unspecified atom stereocenters. The number of hydrogen-bond acceptors (Lipinski definition) is 4. The molecule has 0 amide bonds. The first-order valence-corrected chi connectivity index (χ1v) is 6.84. The molecule has 0 heterocycles. The highest BCUT2D eigenvalue weighted by Gasteiger charge is 2.05. The molecular weight excluding hydrogens is 320 g/mol. The molecule has 20 heavy (non-hydrogen) atoms. The lowest BCUT2D eigenvalue weighted by Crippen LogP contribution is -1.87. The summed E-state index contributed by atoms with van der Waals surface area (Å²) in [5.74, 6) is 0.163. The van der Waals surface area contributed by atoms with E-state index in [1.807, 2.05) is 18.2 Å². The fraction of sp³-hybridized carbons (Fsp3) is 0.133. The monoisotopic (exact) mass is 332 g/mol. The molecule has 2 rings (SSSR count). The van der Waals surface area contributed by atoms with E-state index in [1.54, 1.807) is 37.4 Å². The summed E-state index contributed by atoms with van der Waals surface area (Å²) in [6, 6.07) is 12.0. The van der Waals surface area contributed by atoms with Gasteiger partial charge >= 0.3 is 0 Å². The third-order valence-electron chi connectivity index (χ3n) is 2.85. The van der Waals surface area contributed by atoms with Crippen molar-refractivity contribution < 1.29 is 5.11 Å². The highest BCUT2D eigenvalue weighted by atomic mass is 79.9. The standard InChI is InChI=1S/C15H13BrN2O2/c1-10(18-20)11-3-2-4-14(8-11)17-9-12-7-13(16)5-6-15(12)19/h2-10,19H,1H3. The average molecular weight is 333 g/mol. The maximum absolute atomic E-state index is 10.6. The van der Waals surface area contributed by atoms with Crippen LogP contribution in [0.2, 0.25) is 0 Å². The van der Waals surface area contributed by atoms with Crippen LogP contribution < -0.4 is 0 Å². The van der Waals surface area contributed by atoms with Gasteiger partial charge in [0, 0.05) is 16.3 Å². The molecule has 1 N–H and O–H groups in total. The number of phenols is 1. The molecule has 2 aromatic rings. The smallest absolute Gasteiger partial charge is 0.124 e. The van der Waals surface area contributed by atoms with E-state index in [4.69, 9.17) is 0 Å². The van der Waals surface area contributed by atoms with Crippen LogP contribution in [0, 0.1) is 4.91 Å². The van der Waals surface area contributed by atoms with Gasteiger partial charge in [0.15, 0.2) is 0 Å². The summed E-state index contributed by atoms with van der Waals surface area (Å²) in [6.45, 7) is 1.73. The van der Waals surface area contributed by atoms with Gasteiger partial charge < -0.3 is 5.11 Å². The van der Waals surface area contributed by atoms with Crippen molar-refractivity contribution in [2.45, 2.75) is 13.0 Å². The number of rotatable bonds is 4. The van der Waals surface area contributed by atoms with Gasteiger partial charge in [-0.15, -0.1) is 0 Å². The van der Waals surface area contributed by atoms with Crippen LogP contribution in [0.4, 0.5) is 5.69 Å². The minimum atomic E-state index is -0.399. The van der Waals surface area contributed by atoms with Gasteiger partial charge in [0.2, 0.25) is 0 Å². The maximum Gasteiger partial charge on any atom is 0.124 e. The summed E-state index contributed by atoms with van der Waals surface area (Å²) in [4.78, 5) is 14.9. The van der Waals surface area contributed by atoms with E-state index in [0.29, 0.717) is 11.3 Å². The minimum Gasteiger partial charge on any atom is -0.507 e. The summed E-state index contributed by atoms with van der Waals surface area (Å²) < 4.78 is 0.865. The Bertz CT molecular complexity index is 656. The lowest BCUT2D eigenvalue weighted by molar-refractivity contribution is 0.474. The van der Waals surface area contributed by atoms with Crippen LogP contribution in [-0.2, 0) is 0 Å². The highest BCUT2D eigenvalue weighted by molar-refractivity contribution is 9.10. The molecule has 0 spiro atoms. The predicted molar refractivity (Wildman–Crippen MR) is 83.7 cm³/mol. The lowest BCUT2D eigenvalue weighted by atomic mass is 10.1. The van der Waals surface area contributed by atoms with Crippen LogP contribution in [-0.4, -0.2) is 11.3 Å². The lowest BCUT2D eigenvalue weighted by Gasteiger charge is -2.03. The van der Waals surface area contributed by atoms with E-state index in [1.165, 1.54) is 0 Å². The molecular formula is C15H13BrN2O2. The van der Waals surface area contributed by atoms with Gasteiger partial charge in [-0.25, -0.2) is 0 Å². The Morgan fingerprint density at radius 3 is 2.80 bits per heavy atom. The van der Waals surface area contributed by atoms with Gasteiger partial charge in [-0.05, 0) is 42.8 Å². The van der Waals surface area contributed by atoms with Gasteiger partial charge in [0.25, 0.3) is 0 Å². The van der Waals surface area contributed by atoms with Gasteiger partial charge in [0.1, 0.15) is 11.8 Å². The Balaban J connectivity index is 2.27. The van der Waals surface area contributed by atoms with E-state index in [9.17, 15) is 10.0 Å². The number of nitrogens with zero attached hydrogens (tertiary/aromatic N) is 2. The summed E-state index contributed by atoms with van der Waals surface area (Å²) >= 11 is 3.34. The van der Waals surface area contributed by atoms with Crippen molar-refractivity contribution in [3.63, 3.8) is 0 Å². The summed E-state index contributed by atoms with van der Waals surface area (Å²) in [5, 5.41) is 12.7. The first-order chi connectivity index (χ1) is 9.60. The average Bonchev–Trinajstić information content (AvgIpc) is 2.47. The Kier molecular flexibility index (Phi) is 4.63. The van der Waals surface area contributed by atoms with Gasteiger partial charge in [-0.3, -0.25) is 4.99 Å². The van der Waals surface area contributed by atoms with Crippen molar-refractivity contribution in [1.82, 2.24) is 0 Å². The van der Waals surface area contributed by atoms with E-state index < -0.39 is 6.04 Å². The van der Waals surface area contributed by atoms with Crippen LogP contribution in [0.1, 0.15) is 24.1 Å². The molecule has 0 bridgehead atoms. The number of hydrogen-bond donors (Lipinski definition) is 1. The predicted octanol–water partition coefficient (Wildman–Crippen LogP) is 4.73.